The van der Waals surface area contributed by atoms with Crippen LogP contribution >= 0.6 is 0 Å². The molecule has 0 spiro atoms. The van der Waals surface area contributed by atoms with Crippen molar-refractivity contribution in [2.24, 2.45) is 13.0 Å². The summed E-state index contributed by atoms with van der Waals surface area (Å²) >= 11 is 0. The summed E-state index contributed by atoms with van der Waals surface area (Å²) in [4.78, 5) is 48.6. The number of nitrogens with one attached hydrogen (secondary N) is 1. The number of hydrogen-bond donors (Lipinski definition) is 1. The first-order valence-electron chi connectivity index (χ1n) is 17.5. The Balaban J connectivity index is 0.805. The molecule has 2 aromatic carbocycles. The molecule has 1 N–H and O–H groups in total. The van der Waals surface area contributed by atoms with E-state index in [2.05, 4.69) is 62.7 Å². The zero-order chi connectivity index (χ0) is 32.8. The van der Waals surface area contributed by atoms with Gasteiger partial charge in [-0.25, -0.2) is 0 Å². The van der Waals surface area contributed by atoms with Crippen LogP contribution in [0.3, 0.4) is 0 Å². The normalized spacial score (nSPS) is 21.3. The predicted molar refractivity (Wildman–Crippen MR) is 183 cm³/mol. The van der Waals surface area contributed by atoms with Gasteiger partial charge in [0, 0.05) is 55.8 Å². The van der Waals surface area contributed by atoms with Crippen LogP contribution < -0.4 is 10.2 Å². The van der Waals surface area contributed by atoms with Gasteiger partial charge in [0.1, 0.15) is 6.04 Å². The molecular formula is C38H43N7O3. The van der Waals surface area contributed by atoms with Gasteiger partial charge in [-0.05, 0) is 105 Å². The highest BCUT2D eigenvalue weighted by Crippen LogP contribution is 2.32. The lowest BCUT2D eigenvalue weighted by Gasteiger charge is -2.34. The van der Waals surface area contributed by atoms with E-state index in [-0.39, 0.29) is 24.1 Å². The summed E-state index contributed by atoms with van der Waals surface area (Å²) in [6.07, 6.45) is 8.21. The van der Waals surface area contributed by atoms with Gasteiger partial charge < -0.3 is 9.80 Å². The van der Waals surface area contributed by atoms with Crippen molar-refractivity contribution in [2.75, 3.05) is 31.1 Å². The van der Waals surface area contributed by atoms with Crippen molar-refractivity contribution >= 4 is 34.3 Å². The standard InChI is InChI=1S/C38H43N7O3/c1-42-34-9-4-27(21-29(34)22-39-42)20-25-12-18-44(19-13-25)30-5-2-26(3-6-30)23-43-16-14-28(15-17-43)32-8-7-31-33(40-32)24-45(38(31)48)35-10-11-36(46)41-37(35)47/h2-9,21-22,25,28,35H,10-20,23-24H2,1H3,(H,41,46,47). The van der Waals surface area contributed by atoms with Crippen molar-refractivity contribution in [2.45, 2.75) is 70.0 Å². The first-order valence-corrected chi connectivity index (χ1v) is 17.5. The number of likely N-dealkylation sites (tertiary alicyclic amines) is 1. The molecule has 248 valence electrons. The number of carbonyl (C=O) groups excluding carboxylic acids is 3. The number of nitrogens with zero attached hydrogens (tertiary/aromatic N) is 6. The minimum Gasteiger partial charge on any atom is -0.372 e. The highest BCUT2D eigenvalue weighted by atomic mass is 16.2. The third kappa shape index (κ3) is 6.09. The highest BCUT2D eigenvalue weighted by Gasteiger charge is 2.40. The van der Waals surface area contributed by atoms with Gasteiger partial charge in [-0.2, -0.15) is 5.10 Å². The zero-order valence-corrected chi connectivity index (χ0v) is 27.6. The molecule has 10 nitrogen and oxygen atoms in total. The molecule has 4 aliphatic heterocycles. The summed E-state index contributed by atoms with van der Waals surface area (Å²) in [6.45, 7) is 5.49. The van der Waals surface area contributed by atoms with Crippen molar-refractivity contribution in [3.8, 4) is 0 Å². The number of benzene rings is 2. The minimum atomic E-state index is -0.609. The fourth-order valence-electron chi connectivity index (χ4n) is 8.21. The lowest BCUT2D eigenvalue weighted by molar-refractivity contribution is -0.136. The van der Waals surface area contributed by atoms with Crippen molar-refractivity contribution in [3.05, 3.63) is 88.9 Å². The van der Waals surface area contributed by atoms with Gasteiger partial charge in [-0.1, -0.05) is 18.2 Å². The van der Waals surface area contributed by atoms with Gasteiger partial charge in [0.15, 0.2) is 0 Å². The smallest absolute Gasteiger partial charge is 0.256 e. The summed E-state index contributed by atoms with van der Waals surface area (Å²) in [5.41, 5.74) is 7.64. The number of carbonyl (C=O) groups is 3. The minimum absolute atomic E-state index is 0.168. The number of aryl methyl sites for hydroxylation is 1. The van der Waals surface area contributed by atoms with Crippen LogP contribution in [0.15, 0.2) is 60.8 Å². The molecule has 1 atom stereocenters. The fourth-order valence-corrected chi connectivity index (χ4v) is 8.21. The molecule has 1 unspecified atom stereocenters. The second-order valence-electron chi connectivity index (χ2n) is 14.1. The molecule has 3 saturated heterocycles. The number of imide groups is 1. The predicted octanol–water partition coefficient (Wildman–Crippen LogP) is 4.57. The monoisotopic (exact) mass is 645 g/mol. The molecule has 6 heterocycles. The Morgan fingerprint density at radius 2 is 1.62 bits per heavy atom. The Kier molecular flexibility index (Phi) is 8.20. The summed E-state index contributed by atoms with van der Waals surface area (Å²) < 4.78 is 1.94. The Labute approximate surface area is 281 Å². The summed E-state index contributed by atoms with van der Waals surface area (Å²) in [5, 5.41) is 7.99. The van der Waals surface area contributed by atoms with E-state index in [0.29, 0.717) is 24.4 Å². The number of rotatable bonds is 7. The van der Waals surface area contributed by atoms with Crippen LogP contribution in [0.5, 0.6) is 0 Å². The molecule has 4 aliphatic rings. The second-order valence-corrected chi connectivity index (χ2v) is 14.1. The Hall–Kier alpha value is -4.57. The van der Waals surface area contributed by atoms with E-state index in [9.17, 15) is 14.4 Å². The average molecular weight is 646 g/mol. The number of fused-ring (bicyclic) bond motifs is 2. The number of pyridine rings is 1. The van der Waals surface area contributed by atoms with Gasteiger partial charge in [-0.3, -0.25) is 34.3 Å². The Bertz CT molecular complexity index is 1850. The Morgan fingerprint density at radius 1 is 0.854 bits per heavy atom. The molecule has 0 saturated carbocycles. The number of hydrogen-bond acceptors (Lipinski definition) is 7. The molecule has 3 fully saturated rings. The zero-order valence-electron chi connectivity index (χ0n) is 27.6. The number of anilines is 1. The van der Waals surface area contributed by atoms with Crippen LogP contribution in [-0.2, 0) is 36.1 Å². The Morgan fingerprint density at radius 3 is 2.40 bits per heavy atom. The van der Waals surface area contributed by atoms with Crippen LogP contribution in [0, 0.1) is 5.92 Å². The second kappa shape index (κ2) is 12.8. The average Bonchev–Trinajstić information content (AvgIpc) is 3.64. The van der Waals surface area contributed by atoms with E-state index in [4.69, 9.17) is 4.98 Å². The van der Waals surface area contributed by atoms with Crippen LogP contribution in [0.1, 0.15) is 77.3 Å². The van der Waals surface area contributed by atoms with E-state index in [1.165, 1.54) is 40.6 Å². The maximum absolute atomic E-state index is 13.1. The summed E-state index contributed by atoms with van der Waals surface area (Å²) in [6, 6.07) is 19.2. The molecule has 10 heteroatoms. The van der Waals surface area contributed by atoms with Crippen LogP contribution in [-0.4, -0.2) is 74.5 Å². The third-order valence-electron chi connectivity index (χ3n) is 11.1. The van der Waals surface area contributed by atoms with Crippen LogP contribution in [0.4, 0.5) is 5.69 Å². The van der Waals surface area contributed by atoms with E-state index in [0.717, 1.165) is 69.3 Å². The molecule has 0 bridgehead atoms. The van der Waals surface area contributed by atoms with Gasteiger partial charge in [0.2, 0.25) is 11.8 Å². The van der Waals surface area contributed by atoms with Gasteiger partial charge >= 0.3 is 0 Å². The fraction of sp³-hybridized carbons (Fsp3) is 0.447. The maximum Gasteiger partial charge on any atom is 0.256 e. The van der Waals surface area contributed by atoms with Crippen LogP contribution in [0.2, 0.25) is 0 Å². The largest absolute Gasteiger partial charge is 0.372 e. The van der Waals surface area contributed by atoms with E-state index >= 15 is 0 Å². The van der Waals surface area contributed by atoms with Gasteiger partial charge in [0.25, 0.3) is 5.91 Å². The third-order valence-corrected chi connectivity index (χ3v) is 11.1. The summed E-state index contributed by atoms with van der Waals surface area (Å²) in [7, 11) is 2.00. The quantitative estimate of drug-likeness (QED) is 0.294. The number of piperidine rings is 3. The van der Waals surface area contributed by atoms with E-state index in [1.54, 1.807) is 4.90 Å². The number of amides is 3. The molecule has 0 aliphatic carbocycles. The lowest BCUT2D eigenvalue weighted by atomic mass is 9.89. The van der Waals surface area contributed by atoms with E-state index in [1.807, 2.05) is 30.1 Å². The summed E-state index contributed by atoms with van der Waals surface area (Å²) in [5.74, 6) is 0.247. The van der Waals surface area contributed by atoms with Gasteiger partial charge in [-0.15, -0.1) is 0 Å². The van der Waals surface area contributed by atoms with Crippen molar-refractivity contribution < 1.29 is 14.4 Å². The topological polar surface area (TPSA) is 104 Å². The number of aromatic nitrogens is 3. The van der Waals surface area contributed by atoms with Crippen LogP contribution in [0.25, 0.3) is 10.9 Å². The van der Waals surface area contributed by atoms with Crippen molar-refractivity contribution in [3.63, 3.8) is 0 Å². The molecular weight excluding hydrogens is 602 g/mol. The molecule has 2 aromatic heterocycles. The first kappa shape index (κ1) is 30.7. The maximum atomic E-state index is 13.1. The van der Waals surface area contributed by atoms with E-state index < -0.39 is 6.04 Å². The molecule has 3 amide bonds. The van der Waals surface area contributed by atoms with Crippen molar-refractivity contribution in [1.82, 2.24) is 29.9 Å². The molecule has 4 aromatic rings. The SMILES string of the molecule is Cn1ncc2cc(CC3CCN(c4ccc(CN5CCC(c6ccc7c(n6)CN(C6CCC(=O)NC6=O)C7=O)CC5)cc4)CC3)ccc21. The first-order chi connectivity index (χ1) is 23.4. The molecule has 8 rings (SSSR count). The van der Waals surface area contributed by atoms with Gasteiger partial charge in [0.05, 0.1) is 29.5 Å². The molecule has 0 radical (unpaired) electrons. The molecule has 48 heavy (non-hydrogen) atoms. The highest BCUT2D eigenvalue weighted by molar-refractivity contribution is 6.05. The lowest BCUT2D eigenvalue weighted by Crippen LogP contribution is -2.52. The van der Waals surface area contributed by atoms with Crippen molar-refractivity contribution in [1.29, 1.82) is 0 Å².